The molecule has 2 heterocycles. The van der Waals surface area contributed by atoms with Crippen molar-refractivity contribution in [3.05, 3.63) is 12.2 Å². The van der Waals surface area contributed by atoms with Crippen molar-refractivity contribution < 1.29 is 4.79 Å². The molecular formula is C12H21N5OS. The average molecular weight is 283 g/mol. The zero-order valence-electron chi connectivity index (χ0n) is 11.3. The van der Waals surface area contributed by atoms with Gasteiger partial charge in [-0.3, -0.25) is 9.48 Å². The summed E-state index contributed by atoms with van der Waals surface area (Å²) in [4.78, 5) is 15.8. The van der Waals surface area contributed by atoms with Crippen molar-refractivity contribution in [2.75, 3.05) is 25.4 Å². The van der Waals surface area contributed by atoms with Gasteiger partial charge in [0.15, 0.2) is 5.82 Å². The number of carbonyl (C=O) groups is 1. The fraction of sp³-hybridized carbons (Fsp3) is 0.750. The van der Waals surface area contributed by atoms with Crippen LogP contribution in [-0.4, -0.2) is 51.3 Å². The minimum absolute atomic E-state index is 0.111. The van der Waals surface area contributed by atoms with Gasteiger partial charge in [0.25, 0.3) is 0 Å². The lowest BCUT2D eigenvalue weighted by molar-refractivity contribution is -0.118. The van der Waals surface area contributed by atoms with Crippen LogP contribution >= 0.6 is 11.8 Å². The molecule has 0 aromatic carbocycles. The molecule has 0 atom stereocenters. The summed E-state index contributed by atoms with van der Waals surface area (Å²) in [5, 5.41) is 11.0. The maximum absolute atomic E-state index is 11.7. The molecule has 2 N–H and O–H groups in total. The van der Waals surface area contributed by atoms with Gasteiger partial charge in [0.2, 0.25) is 5.91 Å². The van der Waals surface area contributed by atoms with E-state index < -0.39 is 0 Å². The van der Waals surface area contributed by atoms with Gasteiger partial charge in [0.1, 0.15) is 6.33 Å². The number of aryl methyl sites for hydroxylation is 1. The summed E-state index contributed by atoms with van der Waals surface area (Å²) in [6.45, 7) is 2.75. The molecule has 106 valence electrons. The number of nitrogens with one attached hydrogen (secondary N) is 2. The van der Waals surface area contributed by atoms with Crippen molar-refractivity contribution >= 4 is 17.7 Å². The van der Waals surface area contributed by atoms with E-state index in [0.29, 0.717) is 24.0 Å². The first-order valence-corrected chi connectivity index (χ1v) is 7.72. The van der Waals surface area contributed by atoms with Gasteiger partial charge in [-0.1, -0.05) is 0 Å². The number of hydrogen-bond acceptors (Lipinski definition) is 5. The van der Waals surface area contributed by atoms with Crippen LogP contribution in [0.4, 0.5) is 0 Å². The number of aromatic nitrogens is 3. The van der Waals surface area contributed by atoms with E-state index in [1.54, 1.807) is 22.8 Å². The molecule has 0 aliphatic carbocycles. The highest BCUT2D eigenvalue weighted by molar-refractivity contribution is 8.00. The van der Waals surface area contributed by atoms with Crippen molar-refractivity contribution in [2.45, 2.75) is 24.5 Å². The second-order valence-corrected chi connectivity index (χ2v) is 5.98. The molecular weight excluding hydrogens is 262 g/mol. The summed E-state index contributed by atoms with van der Waals surface area (Å²) in [5.41, 5.74) is 0. The van der Waals surface area contributed by atoms with Crippen molar-refractivity contribution in [1.29, 1.82) is 0 Å². The third kappa shape index (κ3) is 5.20. The smallest absolute Gasteiger partial charge is 0.230 e. The minimum atomic E-state index is 0.111. The van der Waals surface area contributed by atoms with Crippen molar-refractivity contribution in [1.82, 2.24) is 25.4 Å². The number of nitrogens with zero attached hydrogens (tertiary/aromatic N) is 3. The lowest BCUT2D eigenvalue weighted by Gasteiger charge is -2.21. The number of thioether (sulfide) groups is 1. The van der Waals surface area contributed by atoms with Crippen LogP contribution in [0.15, 0.2) is 6.33 Å². The summed E-state index contributed by atoms with van der Waals surface area (Å²) in [7, 11) is 1.84. The SMILES string of the molecule is Cn1cnc(CCNC(=O)CSC2CCNCC2)n1. The van der Waals surface area contributed by atoms with E-state index >= 15 is 0 Å². The molecule has 1 saturated heterocycles. The number of rotatable bonds is 6. The molecule has 6 nitrogen and oxygen atoms in total. The summed E-state index contributed by atoms with van der Waals surface area (Å²) in [5.74, 6) is 1.44. The Kier molecular flexibility index (Phi) is 5.65. The molecule has 2 rings (SSSR count). The predicted octanol–water partition coefficient (Wildman–Crippen LogP) is -0.0410. The topological polar surface area (TPSA) is 71.8 Å². The second-order valence-electron chi connectivity index (χ2n) is 4.69. The Balaban J connectivity index is 1.56. The van der Waals surface area contributed by atoms with E-state index in [0.717, 1.165) is 31.8 Å². The molecule has 1 aliphatic heterocycles. The van der Waals surface area contributed by atoms with E-state index in [-0.39, 0.29) is 5.91 Å². The first kappa shape index (κ1) is 14.3. The molecule has 1 aliphatic rings. The van der Waals surface area contributed by atoms with E-state index in [4.69, 9.17) is 0 Å². The molecule has 0 saturated carbocycles. The molecule has 0 bridgehead atoms. The fourth-order valence-corrected chi connectivity index (χ4v) is 3.08. The van der Waals surface area contributed by atoms with Crippen LogP contribution < -0.4 is 10.6 Å². The third-order valence-corrected chi connectivity index (χ3v) is 4.43. The van der Waals surface area contributed by atoms with Crippen LogP contribution in [0.1, 0.15) is 18.7 Å². The van der Waals surface area contributed by atoms with Gasteiger partial charge >= 0.3 is 0 Å². The van der Waals surface area contributed by atoms with Crippen LogP contribution in [0.25, 0.3) is 0 Å². The maximum atomic E-state index is 11.7. The lowest BCUT2D eigenvalue weighted by atomic mass is 10.2. The van der Waals surface area contributed by atoms with Crippen LogP contribution in [-0.2, 0) is 18.3 Å². The summed E-state index contributed by atoms with van der Waals surface area (Å²) in [6, 6.07) is 0. The monoisotopic (exact) mass is 283 g/mol. The van der Waals surface area contributed by atoms with Gasteiger partial charge in [-0.2, -0.15) is 5.10 Å². The van der Waals surface area contributed by atoms with Crippen molar-refractivity contribution in [3.63, 3.8) is 0 Å². The zero-order valence-corrected chi connectivity index (χ0v) is 12.1. The van der Waals surface area contributed by atoms with E-state index in [2.05, 4.69) is 20.7 Å². The number of carbonyl (C=O) groups excluding carboxylic acids is 1. The van der Waals surface area contributed by atoms with E-state index in [1.807, 2.05) is 7.05 Å². The Morgan fingerprint density at radius 1 is 1.58 bits per heavy atom. The van der Waals surface area contributed by atoms with Gasteiger partial charge < -0.3 is 10.6 Å². The van der Waals surface area contributed by atoms with Gasteiger partial charge in [0, 0.05) is 25.3 Å². The van der Waals surface area contributed by atoms with E-state index in [1.165, 1.54) is 0 Å². The summed E-state index contributed by atoms with van der Waals surface area (Å²) >= 11 is 1.77. The highest BCUT2D eigenvalue weighted by Gasteiger charge is 2.14. The number of piperidine rings is 1. The van der Waals surface area contributed by atoms with Crippen LogP contribution in [0.5, 0.6) is 0 Å². The number of hydrogen-bond donors (Lipinski definition) is 2. The summed E-state index contributed by atoms with van der Waals surface area (Å²) < 4.78 is 1.67. The molecule has 1 aromatic rings. The van der Waals surface area contributed by atoms with Gasteiger partial charge in [-0.15, -0.1) is 11.8 Å². The first-order chi connectivity index (χ1) is 9.24. The highest BCUT2D eigenvalue weighted by atomic mass is 32.2. The molecule has 19 heavy (non-hydrogen) atoms. The van der Waals surface area contributed by atoms with Crippen LogP contribution in [0, 0.1) is 0 Å². The maximum Gasteiger partial charge on any atom is 0.230 e. The third-order valence-electron chi connectivity index (χ3n) is 3.05. The van der Waals surface area contributed by atoms with Gasteiger partial charge in [-0.25, -0.2) is 4.98 Å². The summed E-state index contributed by atoms with van der Waals surface area (Å²) in [6.07, 6.45) is 4.68. The molecule has 1 amide bonds. The average Bonchev–Trinajstić information content (AvgIpc) is 2.83. The fourth-order valence-electron chi connectivity index (χ4n) is 2.02. The zero-order chi connectivity index (χ0) is 13.5. The predicted molar refractivity (Wildman–Crippen MR) is 76.1 cm³/mol. The minimum Gasteiger partial charge on any atom is -0.355 e. The molecule has 1 aromatic heterocycles. The van der Waals surface area contributed by atoms with Crippen molar-refractivity contribution in [3.8, 4) is 0 Å². The Hall–Kier alpha value is -1.08. The van der Waals surface area contributed by atoms with E-state index in [9.17, 15) is 4.79 Å². The Morgan fingerprint density at radius 2 is 2.37 bits per heavy atom. The highest BCUT2D eigenvalue weighted by Crippen LogP contribution is 2.19. The Morgan fingerprint density at radius 3 is 3.05 bits per heavy atom. The standard InChI is InChI=1S/C12H21N5OS/c1-17-9-15-11(16-17)4-7-14-12(18)8-19-10-2-5-13-6-3-10/h9-10,13H,2-8H2,1H3,(H,14,18). The quantitative estimate of drug-likeness (QED) is 0.766. The van der Waals surface area contributed by atoms with Crippen LogP contribution in [0.3, 0.4) is 0 Å². The van der Waals surface area contributed by atoms with Crippen LogP contribution in [0.2, 0.25) is 0 Å². The molecule has 0 unspecified atom stereocenters. The van der Waals surface area contributed by atoms with Gasteiger partial charge in [-0.05, 0) is 25.9 Å². The van der Waals surface area contributed by atoms with Crippen molar-refractivity contribution in [2.24, 2.45) is 7.05 Å². The molecule has 1 fully saturated rings. The largest absolute Gasteiger partial charge is 0.355 e. The van der Waals surface area contributed by atoms with Gasteiger partial charge in [0.05, 0.1) is 5.75 Å². The normalized spacial score (nSPS) is 16.5. The molecule has 7 heteroatoms. The Bertz CT molecular complexity index is 403. The first-order valence-electron chi connectivity index (χ1n) is 6.67. The number of amides is 1. The second kappa shape index (κ2) is 7.49. The molecule has 0 radical (unpaired) electrons. The Labute approximate surface area is 117 Å². The molecule has 0 spiro atoms. The lowest BCUT2D eigenvalue weighted by Crippen LogP contribution is -2.32.